The molecule has 2 aromatic rings. The number of hydrogen-bond donors (Lipinski definition) is 2. The molecule has 118 valence electrons. The van der Waals surface area contributed by atoms with E-state index in [9.17, 15) is 14.7 Å². The van der Waals surface area contributed by atoms with Crippen molar-refractivity contribution < 1.29 is 19.8 Å². The van der Waals surface area contributed by atoms with Crippen LogP contribution < -0.4 is 0 Å². The molecule has 23 heavy (non-hydrogen) atoms. The largest absolute Gasteiger partial charge is 0.481 e. The lowest BCUT2D eigenvalue weighted by atomic mass is 9.88. The van der Waals surface area contributed by atoms with Gasteiger partial charge in [0.15, 0.2) is 0 Å². The minimum Gasteiger partial charge on any atom is -0.481 e. The molecule has 0 heterocycles. The quantitative estimate of drug-likeness (QED) is 0.798. The Bertz CT molecular complexity index is 715. The molecule has 0 aromatic heterocycles. The topological polar surface area (TPSA) is 74.6 Å². The molecule has 0 aliphatic carbocycles. The highest BCUT2D eigenvalue weighted by atomic mass is 16.4. The molecule has 1 atom stereocenters. The van der Waals surface area contributed by atoms with Crippen molar-refractivity contribution in [2.45, 2.75) is 13.3 Å². The molecule has 0 saturated heterocycles. The lowest BCUT2D eigenvalue weighted by molar-refractivity contribution is -0.146. The first kappa shape index (κ1) is 16.5. The molecule has 2 rings (SSSR count). The third-order valence-corrected chi connectivity index (χ3v) is 3.56. The fraction of sp³-hybridized carbons (Fsp3) is 0.158. The zero-order chi connectivity index (χ0) is 16.8. The molecule has 0 aliphatic heterocycles. The maximum absolute atomic E-state index is 11.6. The van der Waals surface area contributed by atoms with E-state index in [-0.39, 0.29) is 0 Å². The van der Waals surface area contributed by atoms with Gasteiger partial charge in [-0.3, -0.25) is 9.59 Å². The van der Waals surface area contributed by atoms with Crippen LogP contribution in [0.5, 0.6) is 0 Å². The van der Waals surface area contributed by atoms with E-state index in [2.05, 4.69) is 0 Å². The molecular formula is C19H18O4. The highest BCUT2D eigenvalue weighted by molar-refractivity contribution is 5.96. The van der Waals surface area contributed by atoms with Gasteiger partial charge < -0.3 is 10.2 Å². The third-order valence-electron chi connectivity index (χ3n) is 3.56. The fourth-order valence-electron chi connectivity index (χ4n) is 2.36. The van der Waals surface area contributed by atoms with Crippen LogP contribution in [0.15, 0.2) is 54.6 Å². The van der Waals surface area contributed by atoms with Crippen molar-refractivity contribution in [2.24, 2.45) is 5.92 Å². The summed E-state index contributed by atoms with van der Waals surface area (Å²) in [6.07, 6.45) is 1.29. The molecule has 0 spiro atoms. The number of hydrogen-bond acceptors (Lipinski definition) is 2. The standard InChI is InChI=1S/C19H18O4/c1-13-7-9-14(10-8-13)11-16(15-5-3-2-4-6-15)17(19(22)23)12-18(20)21/h2-11,17H,12H2,1H3,(H,20,21)(H,22,23). The van der Waals surface area contributed by atoms with E-state index in [1.54, 1.807) is 30.3 Å². The second-order valence-electron chi connectivity index (χ2n) is 5.37. The maximum Gasteiger partial charge on any atom is 0.311 e. The first-order valence-corrected chi connectivity index (χ1v) is 7.25. The zero-order valence-electron chi connectivity index (χ0n) is 12.8. The number of benzene rings is 2. The van der Waals surface area contributed by atoms with Gasteiger partial charge in [0.2, 0.25) is 0 Å². The Balaban J connectivity index is 2.52. The van der Waals surface area contributed by atoms with Crippen molar-refractivity contribution in [1.82, 2.24) is 0 Å². The lowest BCUT2D eigenvalue weighted by Gasteiger charge is -2.16. The first-order valence-electron chi connectivity index (χ1n) is 7.25. The Labute approximate surface area is 134 Å². The highest BCUT2D eigenvalue weighted by Gasteiger charge is 2.26. The van der Waals surface area contributed by atoms with Crippen LogP contribution >= 0.6 is 0 Å². The summed E-state index contributed by atoms with van der Waals surface area (Å²) in [6.45, 7) is 1.97. The molecule has 4 nitrogen and oxygen atoms in total. The maximum atomic E-state index is 11.6. The number of aliphatic carboxylic acids is 2. The van der Waals surface area contributed by atoms with Gasteiger partial charge in [0.25, 0.3) is 0 Å². The van der Waals surface area contributed by atoms with E-state index < -0.39 is 24.3 Å². The van der Waals surface area contributed by atoms with Crippen molar-refractivity contribution >= 4 is 23.6 Å². The fourth-order valence-corrected chi connectivity index (χ4v) is 2.36. The van der Waals surface area contributed by atoms with E-state index in [1.165, 1.54) is 0 Å². The summed E-state index contributed by atoms with van der Waals surface area (Å²) >= 11 is 0. The van der Waals surface area contributed by atoms with Crippen LogP contribution in [-0.2, 0) is 9.59 Å². The van der Waals surface area contributed by atoms with Gasteiger partial charge in [0.05, 0.1) is 12.3 Å². The summed E-state index contributed by atoms with van der Waals surface area (Å²) < 4.78 is 0. The number of carboxylic acids is 2. The monoisotopic (exact) mass is 310 g/mol. The van der Waals surface area contributed by atoms with Crippen LogP contribution in [0.1, 0.15) is 23.1 Å². The van der Waals surface area contributed by atoms with E-state index in [4.69, 9.17) is 5.11 Å². The Hall–Kier alpha value is -2.88. The number of rotatable bonds is 6. The summed E-state index contributed by atoms with van der Waals surface area (Å²) in [5.74, 6) is -3.38. The molecule has 0 saturated carbocycles. The van der Waals surface area contributed by atoms with Crippen molar-refractivity contribution in [1.29, 1.82) is 0 Å². The minimum atomic E-state index is -1.14. The number of aryl methyl sites for hydroxylation is 1. The Morgan fingerprint density at radius 2 is 1.61 bits per heavy atom. The molecule has 4 heteroatoms. The molecule has 0 fully saturated rings. The van der Waals surface area contributed by atoms with E-state index in [1.807, 2.05) is 37.3 Å². The van der Waals surface area contributed by atoms with E-state index in [0.717, 1.165) is 11.1 Å². The molecule has 2 N–H and O–H groups in total. The van der Waals surface area contributed by atoms with Crippen LogP contribution in [0, 0.1) is 12.8 Å². The van der Waals surface area contributed by atoms with Gasteiger partial charge in [-0.05, 0) is 23.6 Å². The van der Waals surface area contributed by atoms with Gasteiger partial charge in [-0.1, -0.05) is 66.2 Å². The second kappa shape index (κ2) is 7.40. The summed E-state index contributed by atoms with van der Waals surface area (Å²) in [5.41, 5.74) is 3.14. The number of carboxylic acid groups (broad SMARTS) is 2. The van der Waals surface area contributed by atoms with Crippen LogP contribution in [-0.4, -0.2) is 22.2 Å². The lowest BCUT2D eigenvalue weighted by Crippen LogP contribution is -2.19. The normalized spacial score (nSPS) is 12.7. The Morgan fingerprint density at radius 3 is 2.13 bits per heavy atom. The molecule has 0 aliphatic rings. The molecule has 0 radical (unpaired) electrons. The van der Waals surface area contributed by atoms with Crippen molar-refractivity contribution in [3.05, 3.63) is 71.3 Å². The molecule has 1 unspecified atom stereocenters. The van der Waals surface area contributed by atoms with Crippen LogP contribution in [0.2, 0.25) is 0 Å². The van der Waals surface area contributed by atoms with Crippen LogP contribution in [0.4, 0.5) is 0 Å². The predicted molar refractivity (Wildman–Crippen MR) is 88.9 cm³/mol. The Morgan fingerprint density at radius 1 is 1.00 bits per heavy atom. The Kier molecular flexibility index (Phi) is 5.31. The summed E-state index contributed by atoms with van der Waals surface area (Å²) in [5, 5.41) is 18.5. The molecular weight excluding hydrogens is 292 g/mol. The van der Waals surface area contributed by atoms with E-state index in [0.29, 0.717) is 11.1 Å². The molecule has 0 bridgehead atoms. The van der Waals surface area contributed by atoms with Gasteiger partial charge in [0, 0.05) is 0 Å². The van der Waals surface area contributed by atoms with Gasteiger partial charge in [-0.15, -0.1) is 0 Å². The summed E-state index contributed by atoms with van der Waals surface area (Å²) in [4.78, 5) is 22.6. The molecule has 2 aromatic carbocycles. The third kappa shape index (κ3) is 4.54. The number of carbonyl (C=O) groups is 2. The van der Waals surface area contributed by atoms with Gasteiger partial charge in [-0.25, -0.2) is 0 Å². The smallest absolute Gasteiger partial charge is 0.311 e. The summed E-state index contributed by atoms with van der Waals surface area (Å²) in [7, 11) is 0. The summed E-state index contributed by atoms with van der Waals surface area (Å²) in [6, 6.07) is 16.7. The van der Waals surface area contributed by atoms with Crippen molar-refractivity contribution in [2.75, 3.05) is 0 Å². The minimum absolute atomic E-state index is 0.456. The second-order valence-corrected chi connectivity index (χ2v) is 5.37. The average Bonchev–Trinajstić information content (AvgIpc) is 2.53. The average molecular weight is 310 g/mol. The van der Waals surface area contributed by atoms with Crippen molar-refractivity contribution in [3.63, 3.8) is 0 Å². The van der Waals surface area contributed by atoms with Crippen LogP contribution in [0.3, 0.4) is 0 Å². The van der Waals surface area contributed by atoms with E-state index >= 15 is 0 Å². The SMILES string of the molecule is Cc1ccc(C=C(c2ccccc2)C(CC(=O)O)C(=O)O)cc1. The van der Waals surface area contributed by atoms with Gasteiger partial charge in [-0.2, -0.15) is 0 Å². The molecule has 0 amide bonds. The zero-order valence-corrected chi connectivity index (χ0v) is 12.8. The predicted octanol–water partition coefficient (Wildman–Crippen LogP) is 3.71. The van der Waals surface area contributed by atoms with Crippen molar-refractivity contribution in [3.8, 4) is 0 Å². The van der Waals surface area contributed by atoms with Gasteiger partial charge in [0.1, 0.15) is 0 Å². The highest BCUT2D eigenvalue weighted by Crippen LogP contribution is 2.29. The van der Waals surface area contributed by atoms with Crippen LogP contribution in [0.25, 0.3) is 11.6 Å². The van der Waals surface area contributed by atoms with Gasteiger partial charge >= 0.3 is 11.9 Å². The first-order chi connectivity index (χ1) is 11.0.